The summed E-state index contributed by atoms with van der Waals surface area (Å²) in [6.45, 7) is 1.87. The first-order chi connectivity index (χ1) is 9.95. The Balaban J connectivity index is 1.99. The van der Waals surface area contributed by atoms with Gasteiger partial charge in [-0.3, -0.25) is 0 Å². The van der Waals surface area contributed by atoms with Crippen LogP contribution in [0.3, 0.4) is 0 Å². The monoisotopic (exact) mass is 311 g/mol. The maximum absolute atomic E-state index is 12.0. The van der Waals surface area contributed by atoms with E-state index >= 15 is 0 Å². The van der Waals surface area contributed by atoms with Crippen LogP contribution < -0.4 is 10.6 Å². The third-order valence-electron chi connectivity index (χ3n) is 3.51. The van der Waals surface area contributed by atoms with E-state index in [0.717, 1.165) is 25.9 Å². The van der Waals surface area contributed by atoms with Crippen LogP contribution in [-0.2, 0) is 0 Å². The van der Waals surface area contributed by atoms with Crippen LogP contribution in [0.1, 0.15) is 23.2 Å². The molecule has 0 radical (unpaired) electrons. The fourth-order valence-electron chi connectivity index (χ4n) is 2.30. The summed E-state index contributed by atoms with van der Waals surface area (Å²) in [5.41, 5.74) is 0.207. The predicted octanol–water partition coefficient (Wildman–Crippen LogP) is 2.25. The number of rotatable bonds is 3. The highest BCUT2D eigenvalue weighted by atomic mass is 35.5. The van der Waals surface area contributed by atoms with E-state index in [1.807, 2.05) is 7.05 Å². The van der Waals surface area contributed by atoms with Crippen LogP contribution >= 0.6 is 11.6 Å². The molecule has 2 amide bonds. The van der Waals surface area contributed by atoms with Gasteiger partial charge >= 0.3 is 12.0 Å². The van der Waals surface area contributed by atoms with E-state index < -0.39 is 12.0 Å². The van der Waals surface area contributed by atoms with E-state index in [2.05, 4.69) is 15.5 Å². The minimum Gasteiger partial charge on any atom is -0.478 e. The Morgan fingerprint density at radius 2 is 2.00 bits per heavy atom. The maximum Gasteiger partial charge on any atom is 0.337 e. The van der Waals surface area contributed by atoms with Crippen LogP contribution in [0.2, 0.25) is 5.02 Å². The van der Waals surface area contributed by atoms with Crippen molar-refractivity contribution < 1.29 is 14.7 Å². The van der Waals surface area contributed by atoms with Crippen LogP contribution in [0.5, 0.6) is 0 Å². The largest absolute Gasteiger partial charge is 0.478 e. The number of likely N-dealkylation sites (tertiary alicyclic amines) is 1. The lowest BCUT2D eigenvalue weighted by atomic mass is 10.1. The van der Waals surface area contributed by atoms with Crippen molar-refractivity contribution in [1.82, 2.24) is 10.2 Å². The number of benzene rings is 1. The zero-order chi connectivity index (χ0) is 15.4. The fourth-order valence-corrected chi connectivity index (χ4v) is 2.48. The molecule has 1 saturated heterocycles. The summed E-state index contributed by atoms with van der Waals surface area (Å²) < 4.78 is 0. The standard InChI is InChI=1S/C14H18ClN3O3/c1-18-6-4-10(5-7-18)16-14(21)17-12-8-9(15)2-3-11(12)13(19)20/h2-3,8,10H,4-7H2,1H3,(H,19,20)(H2,16,17,21). The number of hydrogen-bond acceptors (Lipinski definition) is 3. The number of nitrogens with zero attached hydrogens (tertiary/aromatic N) is 1. The second kappa shape index (κ2) is 6.78. The lowest BCUT2D eigenvalue weighted by molar-refractivity contribution is 0.0698. The van der Waals surface area contributed by atoms with Crippen molar-refractivity contribution in [2.75, 3.05) is 25.5 Å². The average molecular weight is 312 g/mol. The number of hydrogen-bond donors (Lipinski definition) is 3. The summed E-state index contributed by atoms with van der Waals surface area (Å²) >= 11 is 5.84. The molecule has 0 aromatic heterocycles. The van der Waals surface area contributed by atoms with E-state index in [0.29, 0.717) is 5.02 Å². The van der Waals surface area contributed by atoms with Crippen molar-refractivity contribution in [1.29, 1.82) is 0 Å². The summed E-state index contributed by atoms with van der Waals surface area (Å²) in [5, 5.41) is 14.9. The second-order valence-electron chi connectivity index (χ2n) is 5.17. The molecule has 1 aromatic carbocycles. The Labute approximate surface area is 128 Å². The number of aromatic carboxylic acids is 1. The number of urea groups is 1. The summed E-state index contributed by atoms with van der Waals surface area (Å²) in [6, 6.07) is 3.98. The van der Waals surface area contributed by atoms with Gasteiger partial charge in [0.15, 0.2) is 0 Å². The van der Waals surface area contributed by atoms with Gasteiger partial charge in [-0.25, -0.2) is 9.59 Å². The predicted molar refractivity (Wildman–Crippen MR) is 81.1 cm³/mol. The van der Waals surface area contributed by atoms with Crippen LogP contribution in [-0.4, -0.2) is 48.2 Å². The van der Waals surface area contributed by atoms with Crippen LogP contribution in [0.25, 0.3) is 0 Å². The maximum atomic E-state index is 12.0. The Hall–Kier alpha value is -1.79. The van der Waals surface area contributed by atoms with Crippen molar-refractivity contribution in [3.63, 3.8) is 0 Å². The molecule has 2 rings (SSSR count). The highest BCUT2D eigenvalue weighted by molar-refractivity contribution is 6.31. The van der Waals surface area contributed by atoms with E-state index in [9.17, 15) is 9.59 Å². The number of anilines is 1. The molecule has 0 spiro atoms. The molecule has 1 fully saturated rings. The number of carboxylic acid groups (broad SMARTS) is 1. The van der Waals surface area contributed by atoms with Gasteiger partial charge in [-0.2, -0.15) is 0 Å². The molecule has 0 bridgehead atoms. The first-order valence-corrected chi connectivity index (χ1v) is 7.12. The van der Waals surface area contributed by atoms with E-state index in [1.165, 1.54) is 18.2 Å². The van der Waals surface area contributed by atoms with Crippen molar-refractivity contribution >= 4 is 29.3 Å². The smallest absolute Gasteiger partial charge is 0.337 e. The van der Waals surface area contributed by atoms with Gasteiger partial charge in [0, 0.05) is 11.1 Å². The van der Waals surface area contributed by atoms with Crippen molar-refractivity contribution in [2.24, 2.45) is 0 Å². The highest BCUT2D eigenvalue weighted by Gasteiger charge is 2.19. The highest BCUT2D eigenvalue weighted by Crippen LogP contribution is 2.21. The van der Waals surface area contributed by atoms with E-state index in [4.69, 9.17) is 16.7 Å². The van der Waals surface area contributed by atoms with Gasteiger partial charge < -0.3 is 20.6 Å². The molecule has 1 aliphatic rings. The lowest BCUT2D eigenvalue weighted by Crippen LogP contribution is -2.45. The number of amides is 2. The molecule has 1 heterocycles. The second-order valence-corrected chi connectivity index (χ2v) is 5.61. The average Bonchev–Trinajstić information content (AvgIpc) is 2.41. The molecule has 0 aliphatic carbocycles. The van der Waals surface area contributed by atoms with Crippen LogP contribution in [0, 0.1) is 0 Å². The number of carbonyl (C=O) groups is 2. The first kappa shape index (κ1) is 15.6. The lowest BCUT2D eigenvalue weighted by Gasteiger charge is -2.29. The fraction of sp³-hybridized carbons (Fsp3) is 0.429. The molecular formula is C14H18ClN3O3. The van der Waals surface area contributed by atoms with Crippen LogP contribution in [0.15, 0.2) is 18.2 Å². The molecule has 6 nitrogen and oxygen atoms in total. The topological polar surface area (TPSA) is 81.7 Å². The molecule has 3 N–H and O–H groups in total. The van der Waals surface area contributed by atoms with Crippen molar-refractivity contribution in [3.8, 4) is 0 Å². The minimum absolute atomic E-state index is 0.0120. The molecule has 21 heavy (non-hydrogen) atoms. The van der Waals surface area contributed by atoms with Gasteiger partial charge in [0.2, 0.25) is 0 Å². The molecule has 0 saturated carbocycles. The third kappa shape index (κ3) is 4.34. The van der Waals surface area contributed by atoms with Gasteiger partial charge in [0.25, 0.3) is 0 Å². The Kier molecular flexibility index (Phi) is 5.03. The number of carbonyl (C=O) groups excluding carboxylic acids is 1. The Morgan fingerprint density at radius 3 is 2.62 bits per heavy atom. The normalized spacial score (nSPS) is 16.5. The zero-order valence-electron chi connectivity index (χ0n) is 11.7. The van der Waals surface area contributed by atoms with Gasteiger partial charge in [-0.05, 0) is 51.2 Å². The van der Waals surface area contributed by atoms with Crippen LogP contribution in [0.4, 0.5) is 10.5 Å². The number of piperidine rings is 1. The van der Waals surface area contributed by atoms with E-state index in [-0.39, 0.29) is 17.3 Å². The number of carboxylic acids is 1. The summed E-state index contributed by atoms with van der Waals surface area (Å²) in [6.07, 6.45) is 1.76. The SMILES string of the molecule is CN1CCC(NC(=O)Nc2cc(Cl)ccc2C(=O)O)CC1. The summed E-state index contributed by atoms with van der Waals surface area (Å²) in [4.78, 5) is 25.3. The summed E-state index contributed by atoms with van der Waals surface area (Å²) in [7, 11) is 2.04. The van der Waals surface area contributed by atoms with Crippen molar-refractivity contribution in [2.45, 2.75) is 18.9 Å². The zero-order valence-corrected chi connectivity index (χ0v) is 12.5. The Bertz CT molecular complexity index is 542. The molecular weight excluding hydrogens is 294 g/mol. The minimum atomic E-state index is -1.11. The summed E-state index contributed by atoms with van der Waals surface area (Å²) in [5.74, 6) is -1.11. The molecule has 114 valence electrons. The molecule has 0 unspecified atom stereocenters. The third-order valence-corrected chi connectivity index (χ3v) is 3.75. The van der Waals surface area contributed by atoms with Crippen molar-refractivity contribution in [3.05, 3.63) is 28.8 Å². The van der Waals surface area contributed by atoms with Gasteiger partial charge in [-0.1, -0.05) is 11.6 Å². The quantitative estimate of drug-likeness (QED) is 0.799. The molecule has 1 aliphatic heterocycles. The van der Waals surface area contributed by atoms with Gasteiger partial charge in [0.1, 0.15) is 0 Å². The number of nitrogens with one attached hydrogen (secondary N) is 2. The van der Waals surface area contributed by atoms with Gasteiger partial charge in [-0.15, -0.1) is 0 Å². The van der Waals surface area contributed by atoms with E-state index in [1.54, 1.807) is 0 Å². The Morgan fingerprint density at radius 1 is 1.33 bits per heavy atom. The number of halogens is 1. The molecule has 0 atom stereocenters. The first-order valence-electron chi connectivity index (χ1n) is 6.74. The van der Waals surface area contributed by atoms with Gasteiger partial charge in [0.05, 0.1) is 11.3 Å². The molecule has 7 heteroatoms. The molecule has 1 aromatic rings.